The molecule has 2 aliphatic rings. The van der Waals surface area contributed by atoms with Crippen LogP contribution in [0, 0.1) is 13.8 Å². The summed E-state index contributed by atoms with van der Waals surface area (Å²) in [5, 5.41) is 5.41. The lowest BCUT2D eigenvalue weighted by Gasteiger charge is -2.32. The number of benzene rings is 1. The Hall–Kier alpha value is -2.16. The van der Waals surface area contributed by atoms with Crippen molar-refractivity contribution in [3.05, 3.63) is 81.4 Å². The molecule has 1 aromatic carbocycles. The summed E-state index contributed by atoms with van der Waals surface area (Å²) in [6, 6.07) is 13.9. The number of nitrogens with zero attached hydrogens (tertiary/aromatic N) is 4. The molecule has 0 amide bonds. The van der Waals surface area contributed by atoms with Crippen molar-refractivity contribution in [1.82, 2.24) is 24.7 Å². The van der Waals surface area contributed by atoms with E-state index in [1.165, 1.54) is 5.56 Å². The Morgan fingerprint density at radius 3 is 2.63 bits per heavy atom. The molecule has 0 radical (unpaired) electrons. The summed E-state index contributed by atoms with van der Waals surface area (Å²) in [5.74, 6) is 0. The first-order valence-electron chi connectivity index (χ1n) is 11.9. The summed E-state index contributed by atoms with van der Waals surface area (Å²) in [6.45, 7) is 9.44. The number of rotatable bonds is 6. The van der Waals surface area contributed by atoms with Gasteiger partial charge in [0, 0.05) is 43.8 Å². The molecule has 1 N–H and O–H groups in total. The fourth-order valence-electron chi connectivity index (χ4n) is 5.18. The van der Waals surface area contributed by atoms with Gasteiger partial charge in [0.15, 0.2) is 5.11 Å². The van der Waals surface area contributed by atoms with E-state index in [1.807, 2.05) is 36.5 Å². The topological polar surface area (TPSA) is 45.6 Å². The largest absolute Gasteiger partial charge is 0.379 e. The number of thiocarbonyl (C=S) groups is 1. The highest BCUT2D eigenvalue weighted by Gasteiger charge is 2.41. The van der Waals surface area contributed by atoms with Crippen LogP contribution in [-0.4, -0.2) is 63.9 Å². The van der Waals surface area contributed by atoms with E-state index in [1.54, 1.807) is 0 Å². The van der Waals surface area contributed by atoms with Crippen LogP contribution in [0.1, 0.15) is 34.7 Å². The number of nitrogens with one attached hydrogen (secondary N) is 1. The third-order valence-electron chi connectivity index (χ3n) is 6.92. The Morgan fingerprint density at radius 2 is 1.89 bits per heavy atom. The van der Waals surface area contributed by atoms with E-state index in [0.717, 1.165) is 67.3 Å². The Kier molecular flexibility index (Phi) is 7.32. The van der Waals surface area contributed by atoms with Crippen molar-refractivity contribution in [2.45, 2.75) is 25.9 Å². The summed E-state index contributed by atoms with van der Waals surface area (Å²) in [7, 11) is 0. The molecule has 4 heterocycles. The lowest BCUT2D eigenvalue weighted by Crippen LogP contribution is -2.42. The first-order chi connectivity index (χ1) is 17.0. The van der Waals surface area contributed by atoms with Gasteiger partial charge in [0.1, 0.15) is 0 Å². The molecule has 2 fully saturated rings. The Morgan fingerprint density at radius 1 is 1.09 bits per heavy atom. The fourth-order valence-corrected chi connectivity index (χ4v) is 5.89. The summed E-state index contributed by atoms with van der Waals surface area (Å²) in [4.78, 5) is 9.43. The number of aryl methyl sites for hydroxylation is 1. The fraction of sp³-hybridized carbons (Fsp3) is 0.385. The molecule has 5 rings (SSSR count). The monoisotopic (exact) mass is 529 g/mol. The van der Waals surface area contributed by atoms with Gasteiger partial charge in [-0.05, 0) is 62.0 Å². The van der Waals surface area contributed by atoms with Crippen LogP contribution in [0.2, 0.25) is 10.0 Å². The highest BCUT2D eigenvalue weighted by Crippen LogP contribution is 2.42. The van der Waals surface area contributed by atoms with Crippen molar-refractivity contribution >= 4 is 40.5 Å². The van der Waals surface area contributed by atoms with Crippen molar-refractivity contribution in [2.24, 2.45) is 0 Å². The van der Waals surface area contributed by atoms with E-state index in [2.05, 4.69) is 50.6 Å². The second-order valence-corrected chi connectivity index (χ2v) is 10.2. The predicted octanol–water partition coefficient (Wildman–Crippen LogP) is 5.10. The van der Waals surface area contributed by atoms with Gasteiger partial charge in [-0.1, -0.05) is 35.3 Å². The molecule has 2 saturated heterocycles. The molecule has 2 aliphatic heterocycles. The van der Waals surface area contributed by atoms with Crippen LogP contribution in [0.25, 0.3) is 5.69 Å². The highest BCUT2D eigenvalue weighted by atomic mass is 35.5. The van der Waals surface area contributed by atoms with E-state index in [9.17, 15) is 0 Å². The number of aromatic nitrogens is 2. The van der Waals surface area contributed by atoms with Crippen LogP contribution < -0.4 is 5.32 Å². The first-order valence-corrected chi connectivity index (χ1v) is 13.0. The molecule has 3 aromatic rings. The summed E-state index contributed by atoms with van der Waals surface area (Å²) in [6.07, 6.45) is 1.84. The van der Waals surface area contributed by atoms with Crippen LogP contribution in [0.5, 0.6) is 0 Å². The van der Waals surface area contributed by atoms with E-state index in [4.69, 9.17) is 40.2 Å². The smallest absolute Gasteiger partial charge is 0.170 e. The van der Waals surface area contributed by atoms with Crippen LogP contribution in [0.15, 0.2) is 48.7 Å². The van der Waals surface area contributed by atoms with Gasteiger partial charge in [-0.15, -0.1) is 0 Å². The van der Waals surface area contributed by atoms with Crippen LogP contribution >= 0.6 is 35.4 Å². The highest BCUT2D eigenvalue weighted by molar-refractivity contribution is 7.80. The second-order valence-electron chi connectivity index (χ2n) is 9.01. The van der Waals surface area contributed by atoms with Gasteiger partial charge in [0.05, 0.1) is 46.7 Å². The zero-order valence-electron chi connectivity index (χ0n) is 19.9. The molecular weight excluding hydrogens is 501 g/mol. The lowest BCUT2D eigenvalue weighted by atomic mass is 9.96. The minimum Gasteiger partial charge on any atom is -0.379 e. The molecule has 2 unspecified atom stereocenters. The first kappa shape index (κ1) is 24.5. The van der Waals surface area contributed by atoms with Crippen LogP contribution in [0.3, 0.4) is 0 Å². The van der Waals surface area contributed by atoms with E-state index >= 15 is 0 Å². The quantitative estimate of drug-likeness (QED) is 0.448. The van der Waals surface area contributed by atoms with Gasteiger partial charge in [-0.3, -0.25) is 9.88 Å². The summed E-state index contributed by atoms with van der Waals surface area (Å²) >= 11 is 18.9. The minimum absolute atomic E-state index is 0.00338. The van der Waals surface area contributed by atoms with Crippen LogP contribution in [-0.2, 0) is 4.74 Å². The van der Waals surface area contributed by atoms with E-state index in [-0.39, 0.29) is 12.1 Å². The van der Waals surface area contributed by atoms with Gasteiger partial charge in [0.2, 0.25) is 0 Å². The third kappa shape index (κ3) is 4.80. The molecule has 0 aliphatic carbocycles. The van der Waals surface area contributed by atoms with Crippen molar-refractivity contribution in [2.75, 3.05) is 39.4 Å². The Balaban J connectivity index is 1.55. The van der Waals surface area contributed by atoms with E-state index in [0.29, 0.717) is 10.0 Å². The molecule has 6 nitrogen and oxygen atoms in total. The zero-order chi connectivity index (χ0) is 24.5. The van der Waals surface area contributed by atoms with Crippen LogP contribution in [0.4, 0.5) is 0 Å². The van der Waals surface area contributed by atoms with Gasteiger partial charge in [0.25, 0.3) is 0 Å². The molecule has 2 aromatic heterocycles. The number of morpholine rings is 1. The Bertz CT molecular complexity index is 1210. The third-order valence-corrected chi connectivity index (χ3v) is 8.08. The second kappa shape index (κ2) is 10.4. The minimum atomic E-state index is -0.0582. The molecule has 0 saturated carbocycles. The number of hydrogen-bond donors (Lipinski definition) is 1. The molecule has 184 valence electrons. The summed E-state index contributed by atoms with van der Waals surface area (Å²) < 4.78 is 7.71. The van der Waals surface area contributed by atoms with Crippen molar-refractivity contribution in [1.29, 1.82) is 0 Å². The molecule has 0 spiro atoms. The molecular formula is C26H29Cl2N5OS. The van der Waals surface area contributed by atoms with Crippen molar-refractivity contribution in [3.63, 3.8) is 0 Å². The number of halogens is 2. The molecule has 0 bridgehead atoms. The van der Waals surface area contributed by atoms with Gasteiger partial charge >= 0.3 is 0 Å². The number of hydrogen-bond acceptors (Lipinski definition) is 4. The average Bonchev–Trinajstić information content (AvgIpc) is 3.35. The summed E-state index contributed by atoms with van der Waals surface area (Å²) in [5.41, 5.74) is 5.25. The lowest BCUT2D eigenvalue weighted by molar-refractivity contribution is 0.0350. The molecule has 35 heavy (non-hydrogen) atoms. The average molecular weight is 531 g/mol. The predicted molar refractivity (Wildman–Crippen MR) is 145 cm³/mol. The maximum absolute atomic E-state index is 6.63. The van der Waals surface area contributed by atoms with E-state index < -0.39 is 0 Å². The maximum atomic E-state index is 6.63. The SMILES string of the molecule is Cc1cc(C2C(c3ccccn3)NC(=S)N2CCN2CCOCC2)c(C)n1-c1cccc(Cl)c1Cl. The van der Waals surface area contributed by atoms with Gasteiger partial charge < -0.3 is 19.5 Å². The zero-order valence-corrected chi connectivity index (χ0v) is 22.2. The Labute approximate surface area is 221 Å². The maximum Gasteiger partial charge on any atom is 0.170 e. The van der Waals surface area contributed by atoms with Crippen molar-refractivity contribution < 1.29 is 4.74 Å². The normalized spacial score (nSPS) is 20.9. The molecule has 2 atom stereocenters. The number of pyridine rings is 1. The van der Waals surface area contributed by atoms with Crippen molar-refractivity contribution in [3.8, 4) is 5.69 Å². The van der Waals surface area contributed by atoms with Gasteiger partial charge in [-0.25, -0.2) is 0 Å². The van der Waals surface area contributed by atoms with Gasteiger partial charge in [-0.2, -0.15) is 0 Å². The standard InChI is InChI=1S/C26H29Cl2N5OS/c1-17-16-19(18(2)33(17)22-8-5-6-20(27)23(22)28)25-24(21-7-3-4-9-29-21)30-26(35)32(25)11-10-31-12-14-34-15-13-31/h3-9,16,24-25H,10-15H2,1-2H3,(H,30,35). The molecule has 9 heteroatoms. The number of ether oxygens (including phenoxy) is 1.